The topological polar surface area (TPSA) is 38.1 Å². The molecule has 0 spiro atoms. The Morgan fingerprint density at radius 2 is 1.50 bits per heavy atom. The lowest BCUT2D eigenvalue weighted by Gasteiger charge is -2.34. The van der Waals surface area contributed by atoms with Crippen molar-refractivity contribution in [1.29, 1.82) is 0 Å². The molecule has 196 valence electrons. The predicted octanol–water partition coefficient (Wildman–Crippen LogP) is 6.47. The molecule has 1 aromatic heterocycles. The fourth-order valence-electron chi connectivity index (χ4n) is 5.26. The molecule has 2 heterocycles. The highest BCUT2D eigenvalue weighted by atomic mass is 19.4. The van der Waals surface area contributed by atoms with Gasteiger partial charge in [-0.2, -0.15) is 13.2 Å². The summed E-state index contributed by atoms with van der Waals surface area (Å²) in [4.78, 5) is 20.8. The Morgan fingerprint density at radius 3 is 2.05 bits per heavy atom. The first kappa shape index (κ1) is 25.9. The van der Waals surface area contributed by atoms with E-state index in [-0.39, 0.29) is 18.1 Å². The SMILES string of the molecule is Cc1nc2c(c(=O)n1C(c1ccccc1)c1ccccc1)CN([C@@H](C)c1ccc(C(F)(F)F)c(F)c1)CC2. The van der Waals surface area contributed by atoms with Crippen LogP contribution < -0.4 is 5.56 Å². The van der Waals surface area contributed by atoms with Crippen molar-refractivity contribution in [3.05, 3.63) is 134 Å². The van der Waals surface area contributed by atoms with Gasteiger partial charge in [0.25, 0.3) is 5.56 Å². The van der Waals surface area contributed by atoms with Crippen molar-refractivity contribution in [2.24, 2.45) is 0 Å². The van der Waals surface area contributed by atoms with Crippen LogP contribution in [0.5, 0.6) is 0 Å². The normalized spacial score (nSPS) is 14.9. The molecule has 1 atom stereocenters. The molecule has 8 heteroatoms. The van der Waals surface area contributed by atoms with Gasteiger partial charge in [-0.05, 0) is 42.7 Å². The molecule has 0 amide bonds. The van der Waals surface area contributed by atoms with Crippen LogP contribution >= 0.6 is 0 Å². The van der Waals surface area contributed by atoms with E-state index in [4.69, 9.17) is 4.98 Å². The van der Waals surface area contributed by atoms with Gasteiger partial charge in [-0.15, -0.1) is 0 Å². The average Bonchev–Trinajstić information content (AvgIpc) is 2.90. The summed E-state index contributed by atoms with van der Waals surface area (Å²) in [6.07, 6.45) is -4.24. The van der Waals surface area contributed by atoms with Gasteiger partial charge >= 0.3 is 6.18 Å². The molecule has 0 fully saturated rings. The van der Waals surface area contributed by atoms with Crippen LogP contribution in [0.2, 0.25) is 0 Å². The van der Waals surface area contributed by atoms with Crippen molar-refractivity contribution >= 4 is 0 Å². The number of alkyl halides is 3. The molecule has 0 bridgehead atoms. The third-order valence-electron chi connectivity index (χ3n) is 7.29. The number of nitrogens with zero attached hydrogens (tertiary/aromatic N) is 3. The zero-order valence-corrected chi connectivity index (χ0v) is 21.0. The van der Waals surface area contributed by atoms with Gasteiger partial charge in [-0.25, -0.2) is 9.37 Å². The lowest BCUT2D eigenvalue weighted by molar-refractivity contribution is -0.140. The van der Waals surface area contributed by atoms with Crippen LogP contribution in [0.3, 0.4) is 0 Å². The molecular weight excluding hydrogens is 494 g/mol. The standard InChI is InChI=1S/C30H27F4N3O/c1-19(23-13-14-25(26(31)17-23)30(32,33)34)36-16-15-27-24(18-36)29(38)37(20(2)35-27)28(21-9-5-3-6-10-21)22-11-7-4-8-12-22/h3-14,17,19,28H,15-16,18H2,1-2H3/t19-/m0/s1. The van der Waals surface area contributed by atoms with E-state index in [0.29, 0.717) is 29.9 Å². The van der Waals surface area contributed by atoms with Crippen LogP contribution in [-0.4, -0.2) is 21.0 Å². The molecule has 1 aliphatic rings. The molecule has 0 unspecified atom stereocenters. The van der Waals surface area contributed by atoms with Crippen LogP contribution in [0.15, 0.2) is 83.7 Å². The monoisotopic (exact) mass is 521 g/mol. The zero-order valence-electron chi connectivity index (χ0n) is 21.0. The highest BCUT2D eigenvalue weighted by Crippen LogP contribution is 2.34. The molecule has 0 aliphatic carbocycles. The number of hydrogen-bond donors (Lipinski definition) is 0. The first-order valence-corrected chi connectivity index (χ1v) is 12.5. The Balaban J connectivity index is 1.53. The Bertz CT molecular complexity index is 1460. The Labute approximate surface area is 218 Å². The first-order valence-electron chi connectivity index (χ1n) is 12.5. The molecule has 4 nitrogen and oxygen atoms in total. The van der Waals surface area contributed by atoms with Crippen molar-refractivity contribution < 1.29 is 17.6 Å². The summed E-state index contributed by atoms with van der Waals surface area (Å²) in [5.41, 5.74) is 2.17. The molecule has 0 radical (unpaired) electrons. The first-order chi connectivity index (χ1) is 18.1. The molecule has 0 saturated carbocycles. The quantitative estimate of drug-likeness (QED) is 0.283. The van der Waals surface area contributed by atoms with Crippen LogP contribution in [0.4, 0.5) is 17.6 Å². The van der Waals surface area contributed by atoms with Crippen molar-refractivity contribution in [2.45, 2.75) is 45.1 Å². The van der Waals surface area contributed by atoms with E-state index in [1.54, 1.807) is 4.57 Å². The molecular formula is C30H27F4N3O. The van der Waals surface area contributed by atoms with E-state index < -0.39 is 23.6 Å². The van der Waals surface area contributed by atoms with E-state index in [1.807, 2.05) is 79.4 Å². The fraction of sp³-hybridized carbons (Fsp3) is 0.267. The van der Waals surface area contributed by atoms with Gasteiger partial charge in [0.15, 0.2) is 0 Å². The highest BCUT2D eigenvalue weighted by Gasteiger charge is 2.35. The number of benzene rings is 3. The molecule has 3 aromatic carbocycles. The summed E-state index contributed by atoms with van der Waals surface area (Å²) in [7, 11) is 0. The zero-order chi connectivity index (χ0) is 27.0. The maximum absolute atomic E-state index is 14.3. The lowest BCUT2D eigenvalue weighted by Crippen LogP contribution is -2.41. The van der Waals surface area contributed by atoms with E-state index in [0.717, 1.165) is 29.0 Å². The second-order valence-corrected chi connectivity index (χ2v) is 9.62. The number of hydrogen-bond acceptors (Lipinski definition) is 3. The minimum Gasteiger partial charge on any atom is -0.292 e. The summed E-state index contributed by atoms with van der Waals surface area (Å²) in [6.45, 7) is 4.46. The molecule has 4 aromatic rings. The third-order valence-corrected chi connectivity index (χ3v) is 7.29. The van der Waals surface area contributed by atoms with Crippen LogP contribution in [0.1, 0.15) is 58.3 Å². The number of aryl methyl sites for hydroxylation is 1. The minimum absolute atomic E-state index is 0.152. The van der Waals surface area contributed by atoms with Gasteiger partial charge < -0.3 is 0 Å². The average molecular weight is 522 g/mol. The van der Waals surface area contributed by atoms with Crippen molar-refractivity contribution in [3.8, 4) is 0 Å². The maximum atomic E-state index is 14.3. The van der Waals surface area contributed by atoms with Gasteiger partial charge in [0, 0.05) is 25.6 Å². The van der Waals surface area contributed by atoms with Crippen molar-refractivity contribution in [1.82, 2.24) is 14.5 Å². The number of halogens is 4. The molecule has 1 aliphatic heterocycles. The summed E-state index contributed by atoms with van der Waals surface area (Å²) >= 11 is 0. The molecule has 38 heavy (non-hydrogen) atoms. The van der Waals surface area contributed by atoms with E-state index in [1.165, 1.54) is 6.07 Å². The highest BCUT2D eigenvalue weighted by molar-refractivity contribution is 5.35. The smallest absolute Gasteiger partial charge is 0.292 e. The van der Waals surface area contributed by atoms with Crippen LogP contribution in [0, 0.1) is 12.7 Å². The Hall–Kier alpha value is -3.78. The predicted molar refractivity (Wildman–Crippen MR) is 137 cm³/mol. The van der Waals surface area contributed by atoms with E-state index >= 15 is 0 Å². The van der Waals surface area contributed by atoms with Crippen LogP contribution in [0.25, 0.3) is 0 Å². The van der Waals surface area contributed by atoms with Crippen LogP contribution in [-0.2, 0) is 19.1 Å². The van der Waals surface area contributed by atoms with E-state index in [2.05, 4.69) is 0 Å². The van der Waals surface area contributed by atoms with Gasteiger partial charge in [0.2, 0.25) is 0 Å². The largest absolute Gasteiger partial charge is 0.419 e. The Morgan fingerprint density at radius 1 is 0.895 bits per heavy atom. The number of rotatable bonds is 5. The fourth-order valence-corrected chi connectivity index (χ4v) is 5.26. The minimum atomic E-state index is -4.75. The maximum Gasteiger partial charge on any atom is 0.419 e. The summed E-state index contributed by atoms with van der Waals surface area (Å²) in [6, 6.07) is 21.8. The number of fused-ring (bicyclic) bond motifs is 1. The lowest BCUT2D eigenvalue weighted by atomic mass is 9.97. The Kier molecular flexibility index (Phi) is 6.92. The summed E-state index contributed by atoms with van der Waals surface area (Å²) in [5, 5.41) is 0. The van der Waals surface area contributed by atoms with Gasteiger partial charge in [-0.1, -0.05) is 66.7 Å². The van der Waals surface area contributed by atoms with Crippen molar-refractivity contribution in [2.75, 3.05) is 6.54 Å². The summed E-state index contributed by atoms with van der Waals surface area (Å²) < 4.78 is 55.1. The summed E-state index contributed by atoms with van der Waals surface area (Å²) in [5.74, 6) is -0.690. The second kappa shape index (κ2) is 10.2. The van der Waals surface area contributed by atoms with Gasteiger partial charge in [-0.3, -0.25) is 14.3 Å². The van der Waals surface area contributed by atoms with E-state index in [9.17, 15) is 22.4 Å². The van der Waals surface area contributed by atoms with Gasteiger partial charge in [0.1, 0.15) is 11.6 Å². The number of aromatic nitrogens is 2. The second-order valence-electron chi connectivity index (χ2n) is 9.62. The van der Waals surface area contributed by atoms with Crippen molar-refractivity contribution in [3.63, 3.8) is 0 Å². The molecule has 0 saturated heterocycles. The van der Waals surface area contributed by atoms with Gasteiger partial charge in [0.05, 0.1) is 22.9 Å². The molecule has 0 N–H and O–H groups in total. The molecule has 5 rings (SSSR count). The third kappa shape index (κ3) is 4.88.